The van der Waals surface area contributed by atoms with E-state index in [0.717, 1.165) is 18.7 Å². The number of sulfonamides is 1. The van der Waals surface area contributed by atoms with Crippen molar-refractivity contribution in [3.8, 4) is 0 Å². The van der Waals surface area contributed by atoms with Crippen molar-refractivity contribution in [3.05, 3.63) is 47.7 Å². The van der Waals surface area contributed by atoms with E-state index in [4.69, 9.17) is 0 Å². The van der Waals surface area contributed by atoms with Gasteiger partial charge in [-0.1, -0.05) is 44.2 Å². The van der Waals surface area contributed by atoms with Crippen LogP contribution in [0.4, 0.5) is 0 Å². The molecule has 0 aromatic heterocycles. The second-order valence-electron chi connectivity index (χ2n) is 8.20. The number of piperazine rings is 1. The molecule has 148 valence electrons. The molecule has 0 atom stereocenters. The van der Waals surface area contributed by atoms with E-state index in [1.165, 1.54) is 16.1 Å². The van der Waals surface area contributed by atoms with Gasteiger partial charge < -0.3 is 4.90 Å². The summed E-state index contributed by atoms with van der Waals surface area (Å²) in [5.41, 5.74) is 1.63. The molecule has 1 aromatic rings. The summed E-state index contributed by atoms with van der Waals surface area (Å²) in [5.74, 6) is 0.192. The van der Waals surface area contributed by atoms with Crippen molar-refractivity contribution in [3.63, 3.8) is 0 Å². The maximum absolute atomic E-state index is 12.9. The van der Waals surface area contributed by atoms with Gasteiger partial charge in [0, 0.05) is 63.0 Å². The summed E-state index contributed by atoms with van der Waals surface area (Å²) in [4.78, 5) is 17.3. The van der Waals surface area contributed by atoms with Gasteiger partial charge in [-0.15, -0.1) is 0 Å². The number of rotatable bonds is 4. The first kappa shape index (κ1) is 20.0. The lowest BCUT2D eigenvalue weighted by Crippen LogP contribution is -2.49. The fraction of sp³-hybridized carbons (Fsp3) is 0.550. The number of carbonyl (C=O) groups is 1. The van der Waals surface area contributed by atoms with E-state index in [0.29, 0.717) is 32.7 Å². The minimum absolute atomic E-state index is 0.192. The van der Waals surface area contributed by atoms with E-state index in [9.17, 15) is 13.2 Å². The average Bonchev–Trinajstić information content (AvgIpc) is 2.59. The van der Waals surface area contributed by atoms with E-state index < -0.39 is 15.4 Å². The Labute approximate surface area is 162 Å². The summed E-state index contributed by atoms with van der Waals surface area (Å²) in [5, 5.41) is 0. The van der Waals surface area contributed by atoms with Crippen LogP contribution in [-0.2, 0) is 21.4 Å². The standard InChI is InChI=1S/C20H29N3O3S/c1-20(2)16-22(13-17-7-5-4-6-8-17)15-18(19(20)24)14-21-9-11-23(12-10-21)27(3,25)26/h4-8,14H,9-13,15-16H2,1-3H3. The van der Waals surface area contributed by atoms with Gasteiger partial charge in [0.25, 0.3) is 0 Å². The topological polar surface area (TPSA) is 60.9 Å². The molecule has 0 bridgehead atoms. The van der Waals surface area contributed by atoms with Crippen molar-refractivity contribution in [1.82, 2.24) is 14.1 Å². The van der Waals surface area contributed by atoms with Gasteiger partial charge in [-0.25, -0.2) is 8.42 Å². The van der Waals surface area contributed by atoms with Gasteiger partial charge in [-0.2, -0.15) is 4.31 Å². The molecular weight excluding hydrogens is 362 g/mol. The Balaban J connectivity index is 1.71. The normalized spacial score (nSPS) is 23.7. The van der Waals surface area contributed by atoms with Crippen LogP contribution < -0.4 is 0 Å². The molecule has 27 heavy (non-hydrogen) atoms. The van der Waals surface area contributed by atoms with Crippen LogP contribution in [0, 0.1) is 5.41 Å². The third kappa shape index (κ3) is 4.97. The molecule has 0 spiro atoms. The molecule has 2 aliphatic heterocycles. The van der Waals surface area contributed by atoms with E-state index in [1.54, 1.807) is 0 Å². The van der Waals surface area contributed by atoms with Gasteiger partial charge in [0.1, 0.15) is 0 Å². The van der Waals surface area contributed by atoms with E-state index >= 15 is 0 Å². The van der Waals surface area contributed by atoms with Crippen molar-refractivity contribution in [1.29, 1.82) is 0 Å². The highest BCUT2D eigenvalue weighted by molar-refractivity contribution is 7.88. The lowest BCUT2D eigenvalue weighted by Gasteiger charge is -2.39. The number of likely N-dealkylation sites (tertiary alicyclic amines) is 1. The zero-order chi connectivity index (χ0) is 19.7. The predicted molar refractivity (Wildman–Crippen MR) is 107 cm³/mol. The number of nitrogens with zero attached hydrogens (tertiary/aromatic N) is 3. The molecule has 0 amide bonds. The SMILES string of the molecule is CC1(C)CN(Cc2ccccc2)CC(=CN2CCN(S(C)(=O)=O)CC2)C1=O. The van der Waals surface area contributed by atoms with Gasteiger partial charge in [-0.3, -0.25) is 9.69 Å². The van der Waals surface area contributed by atoms with Crippen LogP contribution >= 0.6 is 0 Å². The zero-order valence-electron chi connectivity index (χ0n) is 16.4. The number of carbonyl (C=O) groups excluding carboxylic acids is 1. The third-order valence-electron chi connectivity index (χ3n) is 5.25. The molecule has 6 nitrogen and oxygen atoms in total. The first-order valence-corrected chi connectivity index (χ1v) is 11.2. The molecule has 2 fully saturated rings. The Morgan fingerprint density at radius 2 is 1.70 bits per heavy atom. The molecule has 2 aliphatic rings. The lowest BCUT2D eigenvalue weighted by molar-refractivity contribution is -0.126. The average molecular weight is 392 g/mol. The number of piperidine rings is 1. The molecule has 0 saturated carbocycles. The first-order chi connectivity index (χ1) is 12.6. The van der Waals surface area contributed by atoms with Gasteiger partial charge in [-0.05, 0) is 5.56 Å². The highest BCUT2D eigenvalue weighted by Crippen LogP contribution is 2.30. The van der Waals surface area contributed by atoms with Crippen LogP contribution in [0.15, 0.2) is 42.1 Å². The Morgan fingerprint density at radius 3 is 2.30 bits per heavy atom. The zero-order valence-corrected chi connectivity index (χ0v) is 17.2. The number of hydrogen-bond acceptors (Lipinski definition) is 5. The number of hydrogen-bond donors (Lipinski definition) is 0. The monoisotopic (exact) mass is 391 g/mol. The molecule has 0 radical (unpaired) electrons. The highest BCUT2D eigenvalue weighted by atomic mass is 32.2. The van der Waals surface area contributed by atoms with Crippen LogP contribution in [0.25, 0.3) is 0 Å². The maximum Gasteiger partial charge on any atom is 0.211 e. The molecule has 3 rings (SSSR count). The van der Waals surface area contributed by atoms with Crippen LogP contribution in [0.3, 0.4) is 0 Å². The lowest BCUT2D eigenvalue weighted by atomic mass is 9.80. The van der Waals surface area contributed by atoms with Crippen molar-refractivity contribution >= 4 is 15.8 Å². The number of ketones is 1. The van der Waals surface area contributed by atoms with Crippen LogP contribution in [-0.4, -0.2) is 73.8 Å². The quantitative estimate of drug-likeness (QED) is 0.729. The summed E-state index contributed by atoms with van der Waals surface area (Å²) in [6.45, 7) is 8.34. The Hall–Kier alpha value is -1.70. The van der Waals surface area contributed by atoms with E-state index in [1.807, 2.05) is 38.2 Å². The molecule has 0 aliphatic carbocycles. The van der Waals surface area contributed by atoms with Gasteiger partial charge in [0.05, 0.1) is 6.26 Å². The van der Waals surface area contributed by atoms with E-state index in [-0.39, 0.29) is 5.78 Å². The Kier molecular flexibility index (Phi) is 5.74. The van der Waals surface area contributed by atoms with Crippen molar-refractivity contribution < 1.29 is 13.2 Å². The third-order valence-corrected chi connectivity index (χ3v) is 6.55. The Bertz CT molecular complexity index is 810. The minimum Gasteiger partial charge on any atom is -0.374 e. The fourth-order valence-corrected chi connectivity index (χ4v) is 4.70. The molecule has 2 saturated heterocycles. The number of benzene rings is 1. The summed E-state index contributed by atoms with van der Waals surface area (Å²) >= 11 is 0. The molecule has 0 N–H and O–H groups in total. The van der Waals surface area contributed by atoms with Gasteiger partial charge >= 0.3 is 0 Å². The van der Waals surface area contributed by atoms with Crippen LogP contribution in [0.2, 0.25) is 0 Å². The molecular formula is C20H29N3O3S. The van der Waals surface area contributed by atoms with Gasteiger partial charge in [0.2, 0.25) is 10.0 Å². The van der Waals surface area contributed by atoms with Crippen molar-refractivity contribution in [2.45, 2.75) is 20.4 Å². The molecule has 0 unspecified atom stereocenters. The highest BCUT2D eigenvalue weighted by Gasteiger charge is 2.38. The summed E-state index contributed by atoms with van der Waals surface area (Å²) in [7, 11) is -3.14. The van der Waals surface area contributed by atoms with Crippen molar-refractivity contribution in [2.24, 2.45) is 5.41 Å². The molecule has 1 aromatic carbocycles. The summed E-state index contributed by atoms with van der Waals surface area (Å²) in [6.07, 6.45) is 3.20. The summed E-state index contributed by atoms with van der Waals surface area (Å²) in [6, 6.07) is 10.3. The first-order valence-electron chi connectivity index (χ1n) is 9.36. The maximum atomic E-state index is 12.9. The minimum atomic E-state index is -3.14. The van der Waals surface area contributed by atoms with Crippen LogP contribution in [0.1, 0.15) is 19.4 Å². The van der Waals surface area contributed by atoms with Gasteiger partial charge in [0.15, 0.2) is 5.78 Å². The van der Waals surface area contributed by atoms with E-state index in [2.05, 4.69) is 21.9 Å². The fourth-order valence-electron chi connectivity index (χ4n) is 3.87. The van der Waals surface area contributed by atoms with Crippen LogP contribution in [0.5, 0.6) is 0 Å². The molecule has 7 heteroatoms. The second kappa shape index (κ2) is 7.73. The largest absolute Gasteiger partial charge is 0.374 e. The second-order valence-corrected chi connectivity index (χ2v) is 10.2. The van der Waals surface area contributed by atoms with Crippen molar-refractivity contribution in [2.75, 3.05) is 45.5 Å². The summed E-state index contributed by atoms with van der Waals surface area (Å²) < 4.78 is 24.8. The number of Topliss-reactive ketones (excluding diaryl/α,β-unsaturated/α-hetero) is 1. The smallest absolute Gasteiger partial charge is 0.211 e. The molecule has 2 heterocycles. The Morgan fingerprint density at radius 1 is 1.07 bits per heavy atom. The predicted octanol–water partition coefficient (Wildman–Crippen LogP) is 1.56.